The van der Waals surface area contributed by atoms with Gasteiger partial charge in [-0.2, -0.15) is 0 Å². The third-order valence-electron chi connectivity index (χ3n) is 8.13. The number of aromatic nitrogens is 1. The molecule has 1 saturated carbocycles. The molecule has 1 fully saturated rings. The minimum Gasteiger partial charge on any atom is -0.440 e. The minimum absolute atomic E-state index is 0.129. The van der Waals surface area contributed by atoms with Crippen LogP contribution in [-0.4, -0.2) is 56.6 Å². The highest BCUT2D eigenvalue weighted by Gasteiger charge is 2.35. The van der Waals surface area contributed by atoms with E-state index in [1.54, 1.807) is 6.07 Å². The molecule has 47 heavy (non-hydrogen) atoms. The SMILES string of the molecule is CCCN(c1cc(COCC(C)(Cc2ccccc2)OC(=O)NC(C)(C)C)cc(N(Cc2ccccc2)CC2CC2C)n1)S(C)(=O)=O. The van der Waals surface area contributed by atoms with E-state index in [4.69, 9.17) is 14.5 Å². The van der Waals surface area contributed by atoms with E-state index in [9.17, 15) is 13.2 Å². The fourth-order valence-electron chi connectivity index (χ4n) is 5.65. The molecule has 0 spiro atoms. The fourth-order valence-corrected chi connectivity index (χ4v) is 6.59. The van der Waals surface area contributed by atoms with Crippen LogP contribution in [0.1, 0.15) is 71.1 Å². The zero-order valence-corrected chi connectivity index (χ0v) is 29.8. The largest absolute Gasteiger partial charge is 0.440 e. The quantitative estimate of drug-likeness (QED) is 0.177. The molecule has 0 aliphatic heterocycles. The molecule has 10 heteroatoms. The van der Waals surface area contributed by atoms with Gasteiger partial charge in [0.05, 0.1) is 19.5 Å². The van der Waals surface area contributed by atoms with Crippen LogP contribution in [0.4, 0.5) is 16.4 Å². The highest BCUT2D eigenvalue weighted by molar-refractivity contribution is 7.92. The summed E-state index contributed by atoms with van der Waals surface area (Å²) in [4.78, 5) is 20.1. The van der Waals surface area contributed by atoms with Crippen molar-refractivity contribution in [2.45, 2.75) is 85.1 Å². The van der Waals surface area contributed by atoms with Gasteiger partial charge in [-0.15, -0.1) is 0 Å². The maximum Gasteiger partial charge on any atom is 0.408 e. The monoisotopic (exact) mass is 664 g/mol. The van der Waals surface area contributed by atoms with Crippen molar-refractivity contribution in [2.24, 2.45) is 11.8 Å². The Hall–Kier alpha value is -3.63. The van der Waals surface area contributed by atoms with Gasteiger partial charge in [-0.3, -0.25) is 4.31 Å². The summed E-state index contributed by atoms with van der Waals surface area (Å²) in [6, 6.07) is 23.9. The zero-order chi connectivity index (χ0) is 34.2. The lowest BCUT2D eigenvalue weighted by Gasteiger charge is -2.32. The minimum atomic E-state index is -3.58. The van der Waals surface area contributed by atoms with E-state index in [0.717, 1.165) is 29.7 Å². The fraction of sp³-hybridized carbons (Fsp3) is 0.514. The molecule has 0 radical (unpaired) electrons. The smallest absolute Gasteiger partial charge is 0.408 e. The predicted octanol–water partition coefficient (Wildman–Crippen LogP) is 6.96. The Balaban J connectivity index is 1.64. The summed E-state index contributed by atoms with van der Waals surface area (Å²) in [5.41, 5.74) is 1.55. The van der Waals surface area contributed by atoms with Crippen LogP contribution in [0.15, 0.2) is 72.8 Å². The van der Waals surface area contributed by atoms with Crippen LogP contribution in [0.5, 0.6) is 0 Å². The first-order chi connectivity index (χ1) is 22.1. The van der Waals surface area contributed by atoms with Gasteiger partial charge in [-0.25, -0.2) is 18.2 Å². The highest BCUT2D eigenvalue weighted by atomic mass is 32.2. The number of benzene rings is 2. The molecule has 1 N–H and O–H groups in total. The van der Waals surface area contributed by atoms with E-state index in [1.165, 1.54) is 10.6 Å². The first-order valence-corrected chi connectivity index (χ1v) is 18.4. The third-order valence-corrected chi connectivity index (χ3v) is 9.30. The van der Waals surface area contributed by atoms with Crippen molar-refractivity contribution in [3.63, 3.8) is 0 Å². The Morgan fingerprint density at radius 3 is 2.11 bits per heavy atom. The maximum absolute atomic E-state index is 12.9. The van der Waals surface area contributed by atoms with E-state index < -0.39 is 27.3 Å². The van der Waals surface area contributed by atoms with Crippen molar-refractivity contribution in [3.05, 3.63) is 89.5 Å². The lowest BCUT2D eigenvalue weighted by molar-refractivity contribution is -0.0504. The lowest BCUT2D eigenvalue weighted by atomic mass is 9.97. The van der Waals surface area contributed by atoms with Crippen molar-refractivity contribution in [1.29, 1.82) is 0 Å². The molecule has 3 atom stereocenters. The number of ether oxygens (including phenoxy) is 2. The van der Waals surface area contributed by atoms with Gasteiger partial charge in [0.15, 0.2) is 0 Å². The van der Waals surface area contributed by atoms with Crippen LogP contribution < -0.4 is 14.5 Å². The molecule has 2 aromatic carbocycles. The molecular formula is C37H52N4O5S. The van der Waals surface area contributed by atoms with Crippen LogP contribution in [0.2, 0.25) is 0 Å². The summed E-state index contributed by atoms with van der Waals surface area (Å²) in [5, 5.41) is 2.89. The molecule has 256 valence electrons. The molecule has 9 nitrogen and oxygen atoms in total. The van der Waals surface area contributed by atoms with Crippen molar-refractivity contribution in [3.8, 4) is 0 Å². The van der Waals surface area contributed by atoms with Gasteiger partial charge in [0.1, 0.15) is 17.2 Å². The number of hydrogen-bond donors (Lipinski definition) is 1. The van der Waals surface area contributed by atoms with Crippen molar-refractivity contribution < 1.29 is 22.7 Å². The number of carbonyl (C=O) groups is 1. The molecule has 1 aliphatic carbocycles. The van der Waals surface area contributed by atoms with Crippen LogP contribution >= 0.6 is 0 Å². The summed E-state index contributed by atoms with van der Waals surface area (Å²) in [5.74, 6) is 2.28. The number of pyridine rings is 1. The number of amides is 1. The topological polar surface area (TPSA) is 101 Å². The van der Waals surface area contributed by atoms with Gasteiger partial charge in [0.2, 0.25) is 10.0 Å². The molecule has 0 saturated heterocycles. The second-order valence-corrected chi connectivity index (χ2v) is 16.1. The van der Waals surface area contributed by atoms with Crippen molar-refractivity contribution in [2.75, 3.05) is 35.2 Å². The number of sulfonamides is 1. The van der Waals surface area contributed by atoms with Gasteiger partial charge < -0.3 is 19.7 Å². The molecular weight excluding hydrogens is 612 g/mol. The van der Waals surface area contributed by atoms with Crippen molar-refractivity contribution >= 4 is 27.8 Å². The van der Waals surface area contributed by atoms with E-state index >= 15 is 0 Å². The van der Waals surface area contributed by atoms with Crippen LogP contribution in [0.25, 0.3) is 0 Å². The van der Waals surface area contributed by atoms with Crippen LogP contribution in [0, 0.1) is 11.8 Å². The molecule has 1 aliphatic rings. The number of carbonyl (C=O) groups excluding carboxylic acids is 1. The van der Waals surface area contributed by atoms with E-state index in [0.29, 0.717) is 49.4 Å². The normalized spacial score (nSPS) is 17.4. The van der Waals surface area contributed by atoms with Crippen LogP contribution in [0.3, 0.4) is 0 Å². The highest BCUT2D eigenvalue weighted by Crippen LogP contribution is 2.39. The molecule has 4 rings (SSSR count). The number of rotatable bonds is 16. The van der Waals surface area contributed by atoms with Gasteiger partial charge in [0.25, 0.3) is 0 Å². The standard InChI is InChI=1S/C37H52N4O5S/c1-8-19-41(47(7,43)44)34-22-31(21-33(38-34)40(25-32-20-28(32)2)24-30-17-13-10-14-18-30)26-45-27-37(6,23-29-15-11-9-12-16-29)46-35(42)39-36(3,4)5/h9-18,21-22,28,32H,8,19-20,23-27H2,1-7H3,(H,39,42). The second-order valence-electron chi connectivity index (χ2n) is 14.2. The lowest BCUT2D eigenvalue weighted by Crippen LogP contribution is -2.47. The maximum atomic E-state index is 12.9. The molecule has 3 aromatic rings. The number of anilines is 2. The first kappa shape index (κ1) is 36.2. The van der Waals surface area contributed by atoms with Gasteiger partial charge in [0, 0.05) is 31.6 Å². The average molecular weight is 665 g/mol. The predicted molar refractivity (Wildman–Crippen MR) is 189 cm³/mol. The summed E-state index contributed by atoms with van der Waals surface area (Å²) < 4.78 is 39.6. The molecule has 0 bridgehead atoms. The van der Waals surface area contributed by atoms with Gasteiger partial charge in [-0.1, -0.05) is 74.5 Å². The first-order valence-electron chi connectivity index (χ1n) is 16.5. The second kappa shape index (κ2) is 15.5. The summed E-state index contributed by atoms with van der Waals surface area (Å²) in [6.07, 6.45) is 2.97. The van der Waals surface area contributed by atoms with E-state index in [1.807, 2.05) is 89.2 Å². The molecule has 1 amide bonds. The number of nitrogens with one attached hydrogen (secondary N) is 1. The Bertz CT molecular complexity index is 1560. The number of alkyl carbamates (subject to hydrolysis) is 1. The van der Waals surface area contributed by atoms with E-state index in [2.05, 4.69) is 29.3 Å². The Morgan fingerprint density at radius 1 is 0.957 bits per heavy atom. The van der Waals surface area contributed by atoms with Gasteiger partial charge >= 0.3 is 6.09 Å². The third kappa shape index (κ3) is 11.5. The van der Waals surface area contributed by atoms with E-state index in [-0.39, 0.29) is 13.2 Å². The molecule has 3 unspecified atom stereocenters. The Morgan fingerprint density at radius 2 is 1.55 bits per heavy atom. The molecule has 1 aromatic heterocycles. The summed E-state index contributed by atoms with van der Waals surface area (Å²) in [7, 11) is -3.58. The molecule has 1 heterocycles. The Labute approximate surface area is 281 Å². The zero-order valence-electron chi connectivity index (χ0n) is 29.0. The summed E-state index contributed by atoms with van der Waals surface area (Å²) >= 11 is 0. The summed E-state index contributed by atoms with van der Waals surface area (Å²) in [6.45, 7) is 13.9. The van der Waals surface area contributed by atoms with Gasteiger partial charge in [-0.05, 0) is 81.2 Å². The van der Waals surface area contributed by atoms with Crippen molar-refractivity contribution in [1.82, 2.24) is 10.3 Å². The Kier molecular flexibility index (Phi) is 12.0. The average Bonchev–Trinajstić information content (AvgIpc) is 3.68. The number of hydrogen-bond acceptors (Lipinski definition) is 7. The van der Waals surface area contributed by atoms with Crippen LogP contribution in [-0.2, 0) is 39.1 Å². The number of nitrogens with zero attached hydrogens (tertiary/aromatic N) is 3.